The third kappa shape index (κ3) is 2.52. The summed E-state index contributed by atoms with van der Waals surface area (Å²) in [4.78, 5) is 10.8. The fourth-order valence-corrected chi connectivity index (χ4v) is 1.79. The van der Waals surface area contributed by atoms with Crippen LogP contribution in [-0.4, -0.2) is 41.7 Å². The van der Waals surface area contributed by atoms with Gasteiger partial charge in [-0.2, -0.15) is 0 Å². The molecule has 0 radical (unpaired) electrons. The van der Waals surface area contributed by atoms with Crippen LogP contribution >= 0.6 is 0 Å². The number of nitrogen functional groups attached to an aromatic ring is 1. The molecule has 18 heavy (non-hydrogen) atoms. The van der Waals surface area contributed by atoms with Gasteiger partial charge in [0, 0.05) is 39.7 Å². The van der Waals surface area contributed by atoms with Crippen LogP contribution in [0.1, 0.15) is 6.42 Å². The van der Waals surface area contributed by atoms with Crippen LogP contribution in [0.25, 0.3) is 5.65 Å². The average molecular weight is 250 g/mol. The largest absolute Gasteiger partial charge is 0.385 e. The van der Waals surface area contributed by atoms with E-state index < -0.39 is 0 Å². The maximum atomic E-state index is 5.42. The van der Waals surface area contributed by atoms with E-state index in [1.54, 1.807) is 19.5 Å². The normalized spacial score (nSPS) is 10.8. The second kappa shape index (κ2) is 5.65. The van der Waals surface area contributed by atoms with Gasteiger partial charge < -0.3 is 19.5 Å². The van der Waals surface area contributed by atoms with Crippen molar-refractivity contribution in [1.82, 2.24) is 14.4 Å². The molecule has 0 atom stereocenters. The van der Waals surface area contributed by atoms with Gasteiger partial charge in [-0.1, -0.05) is 0 Å². The molecule has 0 aromatic carbocycles. The number of aromatic nitrogens is 3. The van der Waals surface area contributed by atoms with Crippen LogP contribution in [0.3, 0.4) is 0 Å². The molecule has 7 heteroatoms. The number of hydrazine groups is 1. The van der Waals surface area contributed by atoms with Crippen molar-refractivity contribution in [2.45, 2.75) is 6.42 Å². The lowest BCUT2D eigenvalue weighted by molar-refractivity contribution is 0.196. The van der Waals surface area contributed by atoms with E-state index in [-0.39, 0.29) is 0 Å². The summed E-state index contributed by atoms with van der Waals surface area (Å²) in [6, 6.07) is 0. The molecule has 7 nitrogen and oxygen atoms in total. The lowest BCUT2D eigenvalue weighted by Crippen LogP contribution is -2.23. The standard InChI is InChI=1S/C11H18N6O/c1-16(5-3-7-18-2)11-10-13-4-6-17(10)8-9(14-11)15-12/h4,6,8,15H,3,5,7,12H2,1-2H3. The van der Waals surface area contributed by atoms with Crippen LogP contribution in [0.15, 0.2) is 18.6 Å². The van der Waals surface area contributed by atoms with Crippen LogP contribution in [0.5, 0.6) is 0 Å². The van der Waals surface area contributed by atoms with Gasteiger partial charge in [0.1, 0.15) is 0 Å². The smallest absolute Gasteiger partial charge is 0.180 e. The van der Waals surface area contributed by atoms with E-state index in [0.29, 0.717) is 5.82 Å². The van der Waals surface area contributed by atoms with Gasteiger partial charge in [-0.15, -0.1) is 0 Å². The molecule has 2 heterocycles. The molecule has 0 amide bonds. The second-order valence-corrected chi connectivity index (χ2v) is 4.02. The van der Waals surface area contributed by atoms with Crippen molar-refractivity contribution in [3.8, 4) is 0 Å². The first-order chi connectivity index (χ1) is 8.76. The Morgan fingerprint density at radius 1 is 1.56 bits per heavy atom. The number of hydrogen-bond acceptors (Lipinski definition) is 6. The summed E-state index contributed by atoms with van der Waals surface area (Å²) in [5.74, 6) is 6.82. The predicted molar refractivity (Wildman–Crippen MR) is 70.6 cm³/mol. The van der Waals surface area contributed by atoms with Crippen molar-refractivity contribution < 1.29 is 4.74 Å². The van der Waals surface area contributed by atoms with Gasteiger partial charge in [-0.05, 0) is 6.42 Å². The highest BCUT2D eigenvalue weighted by atomic mass is 16.5. The molecule has 0 aliphatic carbocycles. The van der Waals surface area contributed by atoms with Crippen LogP contribution in [-0.2, 0) is 4.74 Å². The maximum absolute atomic E-state index is 5.42. The number of hydrogen-bond donors (Lipinski definition) is 2. The zero-order chi connectivity index (χ0) is 13.0. The Kier molecular flexibility index (Phi) is 3.96. The number of methoxy groups -OCH3 is 1. The number of anilines is 2. The molecular formula is C11H18N6O. The minimum atomic E-state index is 0.606. The van der Waals surface area contributed by atoms with Gasteiger partial charge in [-0.3, -0.25) is 0 Å². The Balaban J connectivity index is 2.27. The van der Waals surface area contributed by atoms with E-state index >= 15 is 0 Å². The first kappa shape index (κ1) is 12.6. The molecule has 98 valence electrons. The SMILES string of the molecule is COCCCN(C)c1nc(NN)cn2ccnc12. The Bertz CT molecular complexity index is 511. The van der Waals surface area contributed by atoms with Gasteiger partial charge in [0.15, 0.2) is 17.3 Å². The molecule has 0 saturated heterocycles. The molecule has 2 rings (SSSR count). The van der Waals surface area contributed by atoms with Crippen LogP contribution in [0.4, 0.5) is 11.6 Å². The van der Waals surface area contributed by atoms with Gasteiger partial charge >= 0.3 is 0 Å². The van der Waals surface area contributed by atoms with E-state index in [9.17, 15) is 0 Å². The molecule has 0 fully saturated rings. The highest BCUT2D eigenvalue weighted by molar-refractivity contribution is 5.66. The fraction of sp³-hybridized carbons (Fsp3) is 0.455. The number of imidazole rings is 1. The zero-order valence-corrected chi connectivity index (χ0v) is 10.6. The first-order valence-corrected chi connectivity index (χ1v) is 5.76. The summed E-state index contributed by atoms with van der Waals surface area (Å²) in [6.07, 6.45) is 6.34. The Hall–Kier alpha value is -1.86. The highest BCUT2D eigenvalue weighted by Crippen LogP contribution is 2.19. The molecule has 0 unspecified atom stereocenters. The van der Waals surface area contributed by atoms with Gasteiger partial charge in [-0.25, -0.2) is 15.8 Å². The number of nitrogens with one attached hydrogen (secondary N) is 1. The fourth-order valence-electron chi connectivity index (χ4n) is 1.79. The van der Waals surface area contributed by atoms with Gasteiger partial charge in [0.05, 0.1) is 6.20 Å². The third-order valence-electron chi connectivity index (χ3n) is 2.71. The van der Waals surface area contributed by atoms with E-state index in [1.165, 1.54) is 0 Å². The van der Waals surface area contributed by atoms with Crippen molar-refractivity contribution in [3.05, 3.63) is 18.6 Å². The molecule has 0 saturated carbocycles. The lowest BCUT2D eigenvalue weighted by atomic mass is 10.4. The zero-order valence-electron chi connectivity index (χ0n) is 10.6. The number of ether oxygens (including phenoxy) is 1. The third-order valence-corrected chi connectivity index (χ3v) is 2.71. The number of rotatable bonds is 6. The van der Waals surface area contributed by atoms with E-state index in [0.717, 1.165) is 31.0 Å². The van der Waals surface area contributed by atoms with Crippen molar-refractivity contribution in [1.29, 1.82) is 0 Å². The summed E-state index contributed by atoms with van der Waals surface area (Å²) >= 11 is 0. The van der Waals surface area contributed by atoms with Crippen LogP contribution in [0.2, 0.25) is 0 Å². The van der Waals surface area contributed by atoms with Crippen molar-refractivity contribution in [2.75, 3.05) is 37.6 Å². The molecule has 0 bridgehead atoms. The lowest BCUT2D eigenvalue weighted by Gasteiger charge is -2.19. The summed E-state index contributed by atoms with van der Waals surface area (Å²) in [6.45, 7) is 1.57. The number of nitrogens with zero attached hydrogens (tertiary/aromatic N) is 4. The molecule has 2 aromatic heterocycles. The van der Waals surface area contributed by atoms with Gasteiger partial charge in [0.25, 0.3) is 0 Å². The quantitative estimate of drug-likeness (QED) is 0.441. The molecule has 2 aromatic rings. The minimum Gasteiger partial charge on any atom is -0.385 e. The molecule has 0 spiro atoms. The van der Waals surface area contributed by atoms with Crippen molar-refractivity contribution in [2.24, 2.45) is 5.84 Å². The van der Waals surface area contributed by atoms with Crippen LogP contribution in [0, 0.1) is 0 Å². The van der Waals surface area contributed by atoms with E-state index in [1.807, 2.05) is 22.5 Å². The topological polar surface area (TPSA) is 80.7 Å². The van der Waals surface area contributed by atoms with Crippen LogP contribution < -0.4 is 16.2 Å². The van der Waals surface area contributed by atoms with Crippen molar-refractivity contribution >= 4 is 17.3 Å². The Labute approximate surface area is 106 Å². The Morgan fingerprint density at radius 2 is 2.39 bits per heavy atom. The predicted octanol–water partition coefficient (Wildman–Crippen LogP) is 0.488. The first-order valence-electron chi connectivity index (χ1n) is 5.76. The summed E-state index contributed by atoms with van der Waals surface area (Å²) in [7, 11) is 3.68. The minimum absolute atomic E-state index is 0.606. The van der Waals surface area contributed by atoms with E-state index in [2.05, 4.69) is 15.4 Å². The summed E-state index contributed by atoms with van der Waals surface area (Å²) < 4.78 is 6.94. The molecular weight excluding hydrogens is 232 g/mol. The Morgan fingerprint density at radius 3 is 3.11 bits per heavy atom. The number of nitrogens with two attached hydrogens (primary N) is 1. The molecule has 3 N–H and O–H groups in total. The average Bonchev–Trinajstić information content (AvgIpc) is 2.85. The monoisotopic (exact) mass is 250 g/mol. The van der Waals surface area contributed by atoms with E-state index in [4.69, 9.17) is 10.6 Å². The second-order valence-electron chi connectivity index (χ2n) is 4.02. The number of fused-ring (bicyclic) bond motifs is 1. The molecule has 0 aliphatic rings. The van der Waals surface area contributed by atoms with Crippen molar-refractivity contribution in [3.63, 3.8) is 0 Å². The summed E-state index contributed by atoms with van der Waals surface area (Å²) in [5, 5.41) is 0. The maximum Gasteiger partial charge on any atom is 0.180 e. The molecule has 0 aliphatic heterocycles. The summed E-state index contributed by atoms with van der Waals surface area (Å²) in [5.41, 5.74) is 3.37. The highest BCUT2D eigenvalue weighted by Gasteiger charge is 2.11. The van der Waals surface area contributed by atoms with Gasteiger partial charge in [0.2, 0.25) is 0 Å².